The molecule has 0 radical (unpaired) electrons. The van der Waals surface area contributed by atoms with Gasteiger partial charge in [0.05, 0.1) is 26.3 Å². The Morgan fingerprint density at radius 3 is 2.10 bits per heavy atom. The van der Waals surface area contributed by atoms with Crippen molar-refractivity contribution in [1.29, 1.82) is 0 Å². The first-order valence-corrected chi connectivity index (χ1v) is 7.31. The van der Waals surface area contributed by atoms with E-state index in [1.165, 1.54) is 17.7 Å². The molecule has 112 valence electrons. The van der Waals surface area contributed by atoms with Crippen LogP contribution in [0.4, 0.5) is 0 Å². The van der Waals surface area contributed by atoms with E-state index in [1.54, 1.807) is 13.8 Å². The Balaban J connectivity index is 2.48. The maximum absolute atomic E-state index is 11.7. The van der Waals surface area contributed by atoms with Crippen LogP contribution in [0.5, 0.6) is 0 Å². The van der Waals surface area contributed by atoms with Crippen LogP contribution in [-0.2, 0) is 19.1 Å². The van der Waals surface area contributed by atoms with Gasteiger partial charge in [0.1, 0.15) is 6.54 Å². The number of rotatable bonds is 6. The first kappa shape index (κ1) is 16.5. The van der Waals surface area contributed by atoms with E-state index in [-0.39, 0.29) is 19.6 Å². The van der Waals surface area contributed by atoms with Crippen molar-refractivity contribution in [3.63, 3.8) is 0 Å². The molecule has 1 heterocycles. The number of carbonyl (C=O) groups excluding carboxylic acids is 2. The lowest BCUT2D eigenvalue weighted by Gasteiger charge is -2.11. The second kappa shape index (κ2) is 9.38. The molecule has 1 aliphatic heterocycles. The van der Waals surface area contributed by atoms with Gasteiger partial charge in [-0.3, -0.25) is 9.59 Å². The lowest BCUT2D eigenvalue weighted by Crippen LogP contribution is -3.09. The molecule has 0 aromatic heterocycles. The van der Waals surface area contributed by atoms with Crippen molar-refractivity contribution in [2.45, 2.75) is 33.1 Å². The summed E-state index contributed by atoms with van der Waals surface area (Å²) in [4.78, 5) is 24.9. The number of carbonyl (C=O) groups is 2. The number of likely N-dealkylation sites (tertiary alicyclic amines) is 1. The van der Waals surface area contributed by atoms with E-state index in [2.05, 4.69) is 11.8 Å². The van der Waals surface area contributed by atoms with E-state index in [4.69, 9.17) is 9.47 Å². The van der Waals surface area contributed by atoms with Gasteiger partial charge in [0, 0.05) is 19.3 Å². The van der Waals surface area contributed by atoms with Crippen LogP contribution >= 0.6 is 0 Å². The molecule has 1 N–H and O–H groups in total. The van der Waals surface area contributed by atoms with Crippen molar-refractivity contribution >= 4 is 11.9 Å². The Hall–Kier alpha value is -1.54. The van der Waals surface area contributed by atoms with Crippen molar-refractivity contribution < 1.29 is 24.0 Å². The van der Waals surface area contributed by atoms with Crippen LogP contribution in [-0.4, -0.2) is 44.8 Å². The summed E-state index contributed by atoms with van der Waals surface area (Å²) in [5.74, 6) is 3.95. The van der Waals surface area contributed by atoms with Crippen LogP contribution in [0.15, 0.2) is 0 Å². The minimum atomic E-state index is -0.920. The van der Waals surface area contributed by atoms with Crippen LogP contribution in [0.1, 0.15) is 33.1 Å². The molecule has 0 aromatic carbocycles. The maximum atomic E-state index is 11.7. The number of hydrogen-bond donors (Lipinski definition) is 1. The molecule has 20 heavy (non-hydrogen) atoms. The zero-order chi connectivity index (χ0) is 14.8. The van der Waals surface area contributed by atoms with Crippen LogP contribution in [0.2, 0.25) is 0 Å². The van der Waals surface area contributed by atoms with Crippen molar-refractivity contribution in [2.75, 3.05) is 32.8 Å². The highest BCUT2D eigenvalue weighted by Gasteiger charge is 2.28. The highest BCUT2D eigenvalue weighted by Crippen LogP contribution is 2.08. The van der Waals surface area contributed by atoms with Crippen LogP contribution in [0.3, 0.4) is 0 Å². The third-order valence-electron chi connectivity index (χ3n) is 3.22. The van der Waals surface area contributed by atoms with Crippen LogP contribution in [0, 0.1) is 17.8 Å². The molecule has 5 nitrogen and oxygen atoms in total. The third-order valence-corrected chi connectivity index (χ3v) is 3.22. The largest absolute Gasteiger partial charge is 0.465 e. The Labute approximate surface area is 120 Å². The summed E-state index contributed by atoms with van der Waals surface area (Å²) in [6.45, 7) is 7.02. The second-order valence-electron chi connectivity index (χ2n) is 4.75. The predicted molar refractivity (Wildman–Crippen MR) is 73.9 cm³/mol. The molecule has 1 fully saturated rings. The standard InChI is InChI=1S/C15H23NO4/c1-3-19-14(17)13(15(18)20-4-2)9-5-6-10-16-11-7-8-12-16/h13H,3-4,7-12H2,1-2H3/p+1. The van der Waals surface area contributed by atoms with Crippen LogP contribution < -0.4 is 4.90 Å². The smallest absolute Gasteiger partial charge is 0.321 e. The van der Waals surface area contributed by atoms with E-state index in [9.17, 15) is 9.59 Å². The molecule has 0 atom stereocenters. The Morgan fingerprint density at radius 2 is 1.60 bits per heavy atom. The predicted octanol–water partition coefficient (Wildman–Crippen LogP) is -0.199. The lowest BCUT2D eigenvalue weighted by molar-refractivity contribution is -0.879. The van der Waals surface area contributed by atoms with Crippen molar-refractivity contribution in [1.82, 2.24) is 0 Å². The van der Waals surface area contributed by atoms with Gasteiger partial charge in [-0.15, -0.1) is 0 Å². The second-order valence-corrected chi connectivity index (χ2v) is 4.75. The Kier molecular flexibility index (Phi) is 7.74. The average molecular weight is 282 g/mol. The molecule has 0 amide bonds. The van der Waals surface area contributed by atoms with Gasteiger partial charge >= 0.3 is 11.9 Å². The number of quaternary nitrogens is 1. The van der Waals surface area contributed by atoms with E-state index >= 15 is 0 Å². The SMILES string of the molecule is CCOC(=O)C(CC#CC[NH+]1CCCC1)C(=O)OCC. The van der Waals surface area contributed by atoms with Gasteiger partial charge in [-0.1, -0.05) is 5.92 Å². The first-order chi connectivity index (χ1) is 9.69. The lowest BCUT2D eigenvalue weighted by atomic mass is 10.1. The van der Waals surface area contributed by atoms with Crippen molar-refractivity contribution in [3.8, 4) is 11.8 Å². The molecule has 0 saturated carbocycles. The molecule has 0 aliphatic carbocycles. The normalized spacial score (nSPS) is 14.8. The summed E-state index contributed by atoms with van der Waals surface area (Å²) in [5, 5.41) is 0. The first-order valence-electron chi connectivity index (χ1n) is 7.31. The molecule has 1 aliphatic rings. The Bertz CT molecular complexity index is 359. The molecule has 1 saturated heterocycles. The monoisotopic (exact) mass is 282 g/mol. The minimum absolute atomic E-state index is 0.172. The third kappa shape index (κ3) is 5.62. The Morgan fingerprint density at radius 1 is 1.05 bits per heavy atom. The zero-order valence-corrected chi connectivity index (χ0v) is 12.4. The van der Waals surface area contributed by atoms with Crippen molar-refractivity contribution in [2.24, 2.45) is 5.92 Å². The van der Waals surface area contributed by atoms with Gasteiger partial charge in [-0.25, -0.2) is 0 Å². The number of esters is 2. The van der Waals surface area contributed by atoms with Gasteiger partial charge in [0.15, 0.2) is 5.92 Å². The fourth-order valence-electron chi connectivity index (χ4n) is 2.16. The maximum Gasteiger partial charge on any atom is 0.321 e. The van der Waals surface area contributed by atoms with E-state index in [1.807, 2.05) is 0 Å². The summed E-state index contributed by atoms with van der Waals surface area (Å²) < 4.78 is 9.78. The molecule has 0 bridgehead atoms. The van der Waals surface area contributed by atoms with Gasteiger partial charge < -0.3 is 14.4 Å². The highest BCUT2D eigenvalue weighted by molar-refractivity contribution is 5.95. The van der Waals surface area contributed by atoms with Gasteiger partial charge in [-0.05, 0) is 19.8 Å². The quantitative estimate of drug-likeness (QED) is 0.416. The number of hydrogen-bond acceptors (Lipinski definition) is 4. The summed E-state index contributed by atoms with van der Waals surface area (Å²) in [5.41, 5.74) is 0. The number of ether oxygens (including phenoxy) is 2. The van der Waals surface area contributed by atoms with E-state index in [0.717, 1.165) is 19.6 Å². The fraction of sp³-hybridized carbons (Fsp3) is 0.733. The fourth-order valence-corrected chi connectivity index (χ4v) is 2.16. The summed E-state index contributed by atoms with van der Waals surface area (Å²) in [6, 6.07) is 0. The molecule has 0 unspecified atom stereocenters. The van der Waals surface area contributed by atoms with Gasteiger partial charge in [0.2, 0.25) is 0 Å². The van der Waals surface area contributed by atoms with Gasteiger partial charge in [-0.2, -0.15) is 0 Å². The topological polar surface area (TPSA) is 57.0 Å². The highest BCUT2D eigenvalue weighted by atomic mass is 16.6. The molecule has 0 spiro atoms. The van der Waals surface area contributed by atoms with E-state index in [0.29, 0.717) is 0 Å². The van der Waals surface area contributed by atoms with Gasteiger partial charge in [0.25, 0.3) is 0 Å². The molecule has 0 aromatic rings. The zero-order valence-electron chi connectivity index (χ0n) is 12.4. The summed E-state index contributed by atoms with van der Waals surface area (Å²) >= 11 is 0. The molecular weight excluding hydrogens is 258 g/mol. The number of nitrogens with one attached hydrogen (secondary N) is 1. The molecule has 1 rings (SSSR count). The van der Waals surface area contributed by atoms with Crippen LogP contribution in [0.25, 0.3) is 0 Å². The van der Waals surface area contributed by atoms with E-state index < -0.39 is 17.9 Å². The average Bonchev–Trinajstić information content (AvgIpc) is 2.92. The summed E-state index contributed by atoms with van der Waals surface area (Å²) in [6.07, 6.45) is 2.68. The molecular formula is C15H24NO4+. The summed E-state index contributed by atoms with van der Waals surface area (Å²) in [7, 11) is 0. The minimum Gasteiger partial charge on any atom is -0.465 e. The molecule has 5 heteroatoms. The van der Waals surface area contributed by atoms with Crippen molar-refractivity contribution in [3.05, 3.63) is 0 Å².